The third kappa shape index (κ3) is 5.19. The van der Waals surface area contributed by atoms with Crippen LogP contribution in [0.5, 0.6) is 0 Å². The van der Waals surface area contributed by atoms with E-state index >= 15 is 0 Å². The number of hydrogen-bond donors (Lipinski definition) is 2. The summed E-state index contributed by atoms with van der Waals surface area (Å²) in [5.74, 6) is -0.143. The first-order chi connectivity index (χ1) is 10.0. The number of carboxylic acids is 1. The number of nitrogens with one attached hydrogen (secondary N) is 1. The van der Waals surface area contributed by atoms with Gasteiger partial charge in [0.05, 0.1) is 19.1 Å². The van der Waals surface area contributed by atoms with Gasteiger partial charge >= 0.3 is 12.0 Å². The molecule has 1 heterocycles. The number of aliphatic carboxylic acids is 1. The molecule has 0 aromatic heterocycles. The SMILES string of the molecule is CC1CCCC(NC(=O)N2CCOC(CC(=O)O)C2)CC1. The highest BCUT2D eigenvalue weighted by Gasteiger charge is 2.27. The van der Waals surface area contributed by atoms with Crippen LogP contribution >= 0.6 is 0 Å². The van der Waals surface area contributed by atoms with Crippen LogP contribution < -0.4 is 5.32 Å². The van der Waals surface area contributed by atoms with Crippen molar-refractivity contribution in [1.82, 2.24) is 10.2 Å². The van der Waals surface area contributed by atoms with Gasteiger partial charge in [0.2, 0.25) is 0 Å². The maximum atomic E-state index is 12.3. The molecule has 3 unspecified atom stereocenters. The normalized spacial score (nSPS) is 30.5. The molecule has 1 aliphatic heterocycles. The largest absolute Gasteiger partial charge is 0.481 e. The number of carbonyl (C=O) groups excluding carboxylic acids is 1. The lowest BCUT2D eigenvalue weighted by Gasteiger charge is -2.33. The number of ether oxygens (including phenoxy) is 1. The van der Waals surface area contributed by atoms with Gasteiger partial charge in [-0.1, -0.05) is 19.8 Å². The summed E-state index contributed by atoms with van der Waals surface area (Å²) in [5, 5.41) is 11.9. The second-order valence-electron chi connectivity index (χ2n) is 6.30. The molecule has 0 bridgehead atoms. The minimum Gasteiger partial charge on any atom is -0.481 e. The monoisotopic (exact) mass is 298 g/mol. The molecular weight excluding hydrogens is 272 g/mol. The maximum absolute atomic E-state index is 12.3. The second-order valence-corrected chi connectivity index (χ2v) is 6.30. The first-order valence-corrected chi connectivity index (χ1v) is 7.93. The van der Waals surface area contributed by atoms with Crippen LogP contribution in [-0.4, -0.2) is 53.8 Å². The number of nitrogens with zero attached hydrogens (tertiary/aromatic N) is 1. The molecule has 0 aromatic carbocycles. The zero-order valence-corrected chi connectivity index (χ0v) is 12.7. The van der Waals surface area contributed by atoms with Gasteiger partial charge in [-0.25, -0.2) is 4.79 Å². The Morgan fingerprint density at radius 1 is 1.29 bits per heavy atom. The molecule has 2 amide bonds. The summed E-state index contributed by atoms with van der Waals surface area (Å²) in [6.07, 6.45) is 5.20. The number of carboxylic acid groups (broad SMARTS) is 1. The molecule has 2 fully saturated rings. The van der Waals surface area contributed by atoms with Gasteiger partial charge in [-0.3, -0.25) is 4.79 Å². The molecule has 0 aromatic rings. The van der Waals surface area contributed by atoms with Gasteiger partial charge in [-0.15, -0.1) is 0 Å². The first-order valence-electron chi connectivity index (χ1n) is 7.93. The number of morpholine rings is 1. The Labute approximate surface area is 125 Å². The Bertz CT molecular complexity index is 375. The maximum Gasteiger partial charge on any atom is 0.317 e. The molecule has 6 nitrogen and oxygen atoms in total. The van der Waals surface area contributed by atoms with Crippen LogP contribution in [0, 0.1) is 5.92 Å². The second kappa shape index (κ2) is 7.64. The average molecular weight is 298 g/mol. The summed E-state index contributed by atoms with van der Waals surface area (Å²) >= 11 is 0. The van der Waals surface area contributed by atoms with E-state index in [-0.39, 0.29) is 18.5 Å². The van der Waals surface area contributed by atoms with Crippen molar-refractivity contribution in [3.8, 4) is 0 Å². The molecule has 1 aliphatic carbocycles. The molecule has 2 rings (SSSR count). The molecule has 1 saturated heterocycles. The third-order valence-electron chi connectivity index (χ3n) is 4.41. The van der Waals surface area contributed by atoms with Gasteiger partial charge in [0, 0.05) is 19.1 Å². The Kier molecular flexibility index (Phi) is 5.85. The van der Waals surface area contributed by atoms with Crippen molar-refractivity contribution in [3.63, 3.8) is 0 Å². The van der Waals surface area contributed by atoms with Crippen molar-refractivity contribution in [3.05, 3.63) is 0 Å². The highest BCUT2D eigenvalue weighted by atomic mass is 16.5. The van der Waals surface area contributed by atoms with Crippen LogP contribution in [0.25, 0.3) is 0 Å². The van der Waals surface area contributed by atoms with Crippen LogP contribution in [0.2, 0.25) is 0 Å². The summed E-state index contributed by atoms with van der Waals surface area (Å²) in [5.41, 5.74) is 0. The number of amides is 2. The van der Waals surface area contributed by atoms with Crippen molar-refractivity contribution in [2.75, 3.05) is 19.7 Å². The van der Waals surface area contributed by atoms with E-state index in [1.807, 2.05) is 0 Å². The van der Waals surface area contributed by atoms with Gasteiger partial charge < -0.3 is 20.1 Å². The van der Waals surface area contributed by atoms with Crippen LogP contribution in [0.4, 0.5) is 4.79 Å². The Hall–Kier alpha value is -1.30. The van der Waals surface area contributed by atoms with Gasteiger partial charge in [0.25, 0.3) is 0 Å². The Morgan fingerprint density at radius 2 is 2.10 bits per heavy atom. The smallest absolute Gasteiger partial charge is 0.317 e. The summed E-state index contributed by atoms with van der Waals surface area (Å²) in [6, 6.07) is 0.177. The molecule has 120 valence electrons. The summed E-state index contributed by atoms with van der Waals surface area (Å²) in [6.45, 7) is 3.57. The van der Waals surface area contributed by atoms with Gasteiger partial charge in [0.15, 0.2) is 0 Å². The standard InChI is InChI=1S/C15H26N2O4/c1-11-3-2-4-12(6-5-11)16-15(20)17-7-8-21-13(10-17)9-14(18)19/h11-13H,2-10H2,1H3,(H,16,20)(H,18,19). The summed E-state index contributed by atoms with van der Waals surface area (Å²) in [4.78, 5) is 24.7. The van der Waals surface area contributed by atoms with E-state index in [2.05, 4.69) is 12.2 Å². The number of rotatable bonds is 3. The molecular formula is C15H26N2O4. The fraction of sp³-hybridized carbons (Fsp3) is 0.867. The lowest BCUT2D eigenvalue weighted by atomic mass is 10.0. The molecule has 21 heavy (non-hydrogen) atoms. The predicted octanol–water partition coefficient (Wildman–Crippen LogP) is 1.84. The summed E-state index contributed by atoms with van der Waals surface area (Å²) < 4.78 is 5.39. The zero-order chi connectivity index (χ0) is 15.2. The van der Waals surface area contributed by atoms with Crippen molar-refractivity contribution in [2.24, 2.45) is 5.92 Å². The molecule has 0 spiro atoms. The van der Waals surface area contributed by atoms with Crippen molar-refractivity contribution in [1.29, 1.82) is 0 Å². The lowest BCUT2D eigenvalue weighted by Crippen LogP contribution is -2.52. The van der Waals surface area contributed by atoms with E-state index in [4.69, 9.17) is 9.84 Å². The van der Waals surface area contributed by atoms with Crippen LogP contribution in [-0.2, 0) is 9.53 Å². The molecule has 3 atom stereocenters. The number of urea groups is 1. The molecule has 2 N–H and O–H groups in total. The van der Waals surface area contributed by atoms with Crippen molar-refractivity contribution >= 4 is 12.0 Å². The van der Waals surface area contributed by atoms with E-state index in [0.717, 1.165) is 31.6 Å². The Balaban J connectivity index is 1.80. The predicted molar refractivity (Wildman–Crippen MR) is 78.1 cm³/mol. The zero-order valence-electron chi connectivity index (χ0n) is 12.7. The first kappa shape index (κ1) is 16.1. The van der Waals surface area contributed by atoms with E-state index in [1.165, 1.54) is 6.42 Å². The minimum atomic E-state index is -0.889. The Morgan fingerprint density at radius 3 is 2.86 bits per heavy atom. The number of carbonyl (C=O) groups is 2. The van der Waals surface area contributed by atoms with E-state index < -0.39 is 12.1 Å². The van der Waals surface area contributed by atoms with Crippen molar-refractivity contribution < 1.29 is 19.4 Å². The average Bonchev–Trinajstić information content (AvgIpc) is 2.63. The topological polar surface area (TPSA) is 78.9 Å². The molecule has 6 heteroatoms. The highest BCUT2D eigenvalue weighted by molar-refractivity contribution is 5.75. The molecule has 2 aliphatic rings. The van der Waals surface area contributed by atoms with Gasteiger partial charge in [-0.05, 0) is 25.2 Å². The van der Waals surface area contributed by atoms with E-state index in [9.17, 15) is 9.59 Å². The van der Waals surface area contributed by atoms with Crippen LogP contribution in [0.1, 0.15) is 45.4 Å². The van der Waals surface area contributed by atoms with Crippen molar-refractivity contribution in [2.45, 2.75) is 57.6 Å². The highest BCUT2D eigenvalue weighted by Crippen LogP contribution is 2.22. The summed E-state index contributed by atoms with van der Waals surface area (Å²) in [7, 11) is 0. The van der Waals surface area contributed by atoms with Crippen LogP contribution in [0.3, 0.4) is 0 Å². The third-order valence-corrected chi connectivity index (χ3v) is 4.41. The quantitative estimate of drug-likeness (QED) is 0.779. The van der Waals surface area contributed by atoms with Gasteiger partial charge in [-0.2, -0.15) is 0 Å². The number of hydrogen-bond acceptors (Lipinski definition) is 3. The van der Waals surface area contributed by atoms with E-state index in [1.54, 1.807) is 4.90 Å². The van der Waals surface area contributed by atoms with E-state index in [0.29, 0.717) is 19.7 Å². The molecule has 1 saturated carbocycles. The molecule has 0 radical (unpaired) electrons. The lowest BCUT2D eigenvalue weighted by molar-refractivity contribution is -0.141. The fourth-order valence-corrected chi connectivity index (χ4v) is 3.12. The van der Waals surface area contributed by atoms with Crippen LogP contribution in [0.15, 0.2) is 0 Å². The minimum absolute atomic E-state index is 0.0509. The van der Waals surface area contributed by atoms with Gasteiger partial charge in [0.1, 0.15) is 0 Å². The fourth-order valence-electron chi connectivity index (χ4n) is 3.12.